The molecule has 4 amide bonds. The molecule has 3 rings (SSSR count). The van der Waals surface area contributed by atoms with Crippen molar-refractivity contribution in [2.75, 3.05) is 14.1 Å². The lowest BCUT2D eigenvalue weighted by molar-refractivity contribution is -0.124. The van der Waals surface area contributed by atoms with E-state index in [4.69, 9.17) is 4.74 Å². The molecule has 2 aromatic carbocycles. The van der Waals surface area contributed by atoms with Crippen LogP contribution >= 0.6 is 11.3 Å². The van der Waals surface area contributed by atoms with Crippen LogP contribution in [0.5, 0.6) is 0 Å². The molecule has 0 aliphatic rings. The molecule has 0 aliphatic carbocycles. The van der Waals surface area contributed by atoms with Gasteiger partial charge in [-0.3, -0.25) is 9.78 Å². The van der Waals surface area contributed by atoms with E-state index < -0.39 is 12.1 Å². The Hall–Kier alpha value is -3.92. The van der Waals surface area contributed by atoms with E-state index in [9.17, 15) is 14.4 Å². The van der Waals surface area contributed by atoms with Crippen molar-refractivity contribution in [2.45, 2.75) is 64.3 Å². The molecule has 220 valence electrons. The molecular weight excluding hydrogens is 538 g/mol. The van der Waals surface area contributed by atoms with Gasteiger partial charge in [0.1, 0.15) is 12.6 Å². The number of benzene rings is 2. The van der Waals surface area contributed by atoms with Crippen LogP contribution < -0.4 is 16.0 Å². The Morgan fingerprint density at radius 3 is 1.90 bits per heavy atom. The number of alkyl carbamates (subject to hydrolysis) is 1. The molecule has 0 saturated carbocycles. The average Bonchev–Trinajstić information content (AvgIpc) is 3.48. The van der Waals surface area contributed by atoms with Crippen LogP contribution in [0.15, 0.2) is 72.4 Å². The van der Waals surface area contributed by atoms with Crippen LogP contribution in [0, 0.1) is 5.92 Å². The van der Waals surface area contributed by atoms with Crippen LogP contribution in [0.2, 0.25) is 0 Å². The van der Waals surface area contributed by atoms with Crippen molar-refractivity contribution >= 4 is 29.4 Å². The van der Waals surface area contributed by atoms with E-state index in [1.54, 1.807) is 25.8 Å². The van der Waals surface area contributed by atoms with Gasteiger partial charge < -0.3 is 25.6 Å². The molecule has 0 unspecified atom stereocenters. The highest BCUT2D eigenvalue weighted by Gasteiger charge is 2.27. The summed E-state index contributed by atoms with van der Waals surface area (Å²) in [7, 11) is 3.29. The zero-order valence-electron chi connectivity index (χ0n) is 24.2. The maximum atomic E-state index is 13.4. The Morgan fingerprint density at radius 1 is 0.854 bits per heavy atom. The zero-order chi connectivity index (χ0) is 29.6. The second-order valence-electron chi connectivity index (χ2n) is 10.6. The molecule has 1 heterocycles. The second kappa shape index (κ2) is 16.4. The minimum absolute atomic E-state index is 0.0999. The highest BCUT2D eigenvalue weighted by Crippen LogP contribution is 2.15. The number of carbonyl (C=O) groups excluding carboxylic acids is 3. The second-order valence-corrected chi connectivity index (χ2v) is 11.6. The first-order valence-electron chi connectivity index (χ1n) is 13.9. The van der Waals surface area contributed by atoms with Crippen LogP contribution in [0.3, 0.4) is 0 Å². The topological polar surface area (TPSA) is 113 Å². The molecule has 9 nitrogen and oxygen atoms in total. The molecule has 3 atom stereocenters. The maximum Gasteiger partial charge on any atom is 0.407 e. The van der Waals surface area contributed by atoms with Crippen LogP contribution in [0.4, 0.5) is 9.59 Å². The quantitative estimate of drug-likeness (QED) is 0.254. The number of hydrogen-bond acceptors (Lipinski definition) is 6. The Bertz CT molecular complexity index is 1210. The number of carbonyl (C=O) groups is 3. The largest absolute Gasteiger partial charge is 0.444 e. The predicted molar refractivity (Wildman–Crippen MR) is 162 cm³/mol. The summed E-state index contributed by atoms with van der Waals surface area (Å²) in [6, 6.07) is 18.5. The normalized spacial score (nSPS) is 13.1. The third-order valence-corrected chi connectivity index (χ3v) is 7.40. The van der Waals surface area contributed by atoms with E-state index in [0.717, 1.165) is 16.0 Å². The van der Waals surface area contributed by atoms with Gasteiger partial charge in [0.05, 0.1) is 10.4 Å². The number of rotatable bonds is 14. The molecule has 41 heavy (non-hydrogen) atoms. The lowest BCUT2D eigenvalue weighted by Gasteiger charge is -2.28. The van der Waals surface area contributed by atoms with Crippen molar-refractivity contribution < 1.29 is 19.1 Å². The van der Waals surface area contributed by atoms with Crippen molar-refractivity contribution in [2.24, 2.45) is 5.92 Å². The summed E-state index contributed by atoms with van der Waals surface area (Å²) in [5.74, 6) is -0.329. The predicted octanol–water partition coefficient (Wildman–Crippen LogP) is 4.78. The van der Waals surface area contributed by atoms with E-state index in [1.165, 1.54) is 16.2 Å². The van der Waals surface area contributed by atoms with E-state index in [0.29, 0.717) is 25.7 Å². The molecule has 0 saturated heterocycles. The Kier molecular flexibility index (Phi) is 12.6. The summed E-state index contributed by atoms with van der Waals surface area (Å²) in [5.41, 5.74) is 3.88. The number of urea groups is 1. The number of nitrogens with one attached hydrogen (secondary N) is 3. The summed E-state index contributed by atoms with van der Waals surface area (Å²) in [4.78, 5) is 44.8. The molecule has 10 heteroatoms. The fraction of sp³-hybridized carbons (Fsp3) is 0.419. The van der Waals surface area contributed by atoms with Gasteiger partial charge in [-0.05, 0) is 42.7 Å². The van der Waals surface area contributed by atoms with Gasteiger partial charge in [-0.25, -0.2) is 9.59 Å². The first-order valence-corrected chi connectivity index (χ1v) is 14.8. The van der Waals surface area contributed by atoms with E-state index >= 15 is 0 Å². The Labute approximate surface area is 246 Å². The van der Waals surface area contributed by atoms with Crippen LogP contribution in [0.1, 0.15) is 42.7 Å². The molecule has 3 N–H and O–H groups in total. The third kappa shape index (κ3) is 11.2. The standard InChI is InChI=1S/C31H41N5O4S/c1-22(2)28(35-30(38)36(3)4)29(37)33-25(17-23-11-7-5-8-12-23)15-16-26(18-24-13-9-6-10-14-24)34-31(39)40-20-27-19-32-21-41-27/h5-14,19,21-22,25-26,28H,15-18,20H2,1-4H3,(H,33,37)(H,34,39)(H,35,38)/t25-,26-,28+/m1/s1. The first-order chi connectivity index (χ1) is 19.7. The van der Waals surface area contributed by atoms with Crippen molar-refractivity contribution in [3.63, 3.8) is 0 Å². The molecule has 0 radical (unpaired) electrons. The zero-order valence-corrected chi connectivity index (χ0v) is 25.0. The fourth-order valence-corrected chi connectivity index (χ4v) is 4.90. The number of aromatic nitrogens is 1. The third-order valence-electron chi connectivity index (χ3n) is 6.65. The fourth-order valence-electron chi connectivity index (χ4n) is 4.40. The van der Waals surface area contributed by atoms with Gasteiger partial charge in [0.2, 0.25) is 5.91 Å². The van der Waals surface area contributed by atoms with Crippen LogP contribution in [-0.4, -0.2) is 60.1 Å². The van der Waals surface area contributed by atoms with Gasteiger partial charge in [-0.1, -0.05) is 74.5 Å². The summed E-state index contributed by atoms with van der Waals surface area (Å²) in [6.07, 6.45) is 3.65. The lowest BCUT2D eigenvalue weighted by atomic mass is 9.95. The average molecular weight is 580 g/mol. The first kappa shape index (κ1) is 31.6. The highest BCUT2D eigenvalue weighted by molar-refractivity contribution is 7.09. The number of amides is 4. The van der Waals surface area contributed by atoms with E-state index in [1.807, 2.05) is 74.5 Å². The van der Waals surface area contributed by atoms with Crippen LogP contribution in [0.25, 0.3) is 0 Å². The van der Waals surface area contributed by atoms with Gasteiger partial charge in [0, 0.05) is 32.4 Å². The van der Waals surface area contributed by atoms with Crippen molar-refractivity contribution in [3.05, 3.63) is 88.4 Å². The number of thiazole rings is 1. The van der Waals surface area contributed by atoms with Gasteiger partial charge in [-0.2, -0.15) is 0 Å². The number of hydrogen-bond donors (Lipinski definition) is 3. The number of ether oxygens (including phenoxy) is 1. The molecule has 0 bridgehead atoms. The molecule has 0 aliphatic heterocycles. The Balaban J connectivity index is 1.72. The van der Waals surface area contributed by atoms with Gasteiger partial charge in [-0.15, -0.1) is 11.3 Å². The molecule has 1 aromatic heterocycles. The van der Waals surface area contributed by atoms with E-state index in [2.05, 4.69) is 20.9 Å². The molecule has 0 spiro atoms. The van der Waals surface area contributed by atoms with Gasteiger partial charge in [0.15, 0.2) is 0 Å². The monoisotopic (exact) mass is 579 g/mol. The maximum absolute atomic E-state index is 13.4. The number of nitrogens with zero attached hydrogens (tertiary/aromatic N) is 2. The highest BCUT2D eigenvalue weighted by atomic mass is 32.1. The van der Waals surface area contributed by atoms with Gasteiger partial charge >= 0.3 is 12.1 Å². The molecule has 0 fully saturated rings. The minimum Gasteiger partial charge on any atom is -0.444 e. The van der Waals surface area contributed by atoms with Crippen molar-refractivity contribution in [3.8, 4) is 0 Å². The summed E-state index contributed by atoms with van der Waals surface area (Å²) in [5, 5.41) is 9.05. The van der Waals surface area contributed by atoms with Crippen LogP contribution in [-0.2, 0) is 29.0 Å². The van der Waals surface area contributed by atoms with Crippen molar-refractivity contribution in [1.29, 1.82) is 0 Å². The summed E-state index contributed by atoms with van der Waals surface area (Å²) < 4.78 is 5.44. The molecule has 3 aromatic rings. The van der Waals surface area contributed by atoms with Crippen molar-refractivity contribution in [1.82, 2.24) is 25.8 Å². The summed E-state index contributed by atoms with van der Waals surface area (Å²) >= 11 is 1.43. The molecular formula is C31H41N5O4S. The van der Waals surface area contributed by atoms with Gasteiger partial charge in [0.25, 0.3) is 0 Å². The minimum atomic E-state index is -0.678. The van der Waals surface area contributed by atoms with E-state index in [-0.39, 0.29) is 36.5 Å². The Morgan fingerprint density at radius 2 is 1.41 bits per heavy atom. The smallest absolute Gasteiger partial charge is 0.407 e. The summed E-state index contributed by atoms with van der Waals surface area (Å²) in [6.45, 7) is 3.98. The SMILES string of the molecule is CC(C)[C@H](NC(=O)N(C)C)C(=O)N[C@H](CC[C@H](Cc1ccccc1)NC(=O)OCc1cncs1)Cc1ccccc1. The lowest BCUT2D eigenvalue weighted by Crippen LogP contribution is -2.54.